The smallest absolute Gasteiger partial charge is 0.265 e. The first-order valence-electron chi connectivity index (χ1n) is 6.19. The summed E-state index contributed by atoms with van der Waals surface area (Å²) in [5, 5.41) is 3.57. The lowest BCUT2D eigenvalue weighted by atomic mass is 10.1. The Morgan fingerprint density at radius 2 is 1.81 bits per heavy atom. The number of hydrogen-bond donors (Lipinski definition) is 0. The maximum Gasteiger partial charge on any atom is 0.358 e. The Kier molecular flexibility index (Phi) is 4.37. The van der Waals surface area contributed by atoms with E-state index < -0.39 is 15.9 Å². The van der Waals surface area contributed by atoms with Gasteiger partial charge in [0.1, 0.15) is 10.7 Å². The molecule has 0 bridgehead atoms. The monoisotopic (exact) mass is 307 g/mol. The number of hydrogen-bond acceptors (Lipinski definition) is 4. The van der Waals surface area contributed by atoms with Gasteiger partial charge in [-0.1, -0.05) is 35.0 Å². The van der Waals surface area contributed by atoms with Gasteiger partial charge < -0.3 is 0 Å². The third-order valence-electron chi connectivity index (χ3n) is 2.82. The molecule has 21 heavy (non-hydrogen) atoms. The fourth-order valence-corrected chi connectivity index (χ4v) is 2.38. The summed E-state index contributed by atoms with van der Waals surface area (Å²) in [6.45, 7) is 3.39. The second-order valence-electron chi connectivity index (χ2n) is 4.53. The summed E-state index contributed by atoms with van der Waals surface area (Å²) in [5.74, 6) is -0.427. The highest BCUT2D eigenvalue weighted by Crippen LogP contribution is 2.14. The molecular formula is C15H14FNO3S. The summed E-state index contributed by atoms with van der Waals surface area (Å²) in [6, 6.07) is 11.9. The van der Waals surface area contributed by atoms with Crippen molar-refractivity contribution in [2.45, 2.75) is 18.7 Å². The Hall–Kier alpha value is -2.21. The molecule has 0 N–H and O–H groups in total. The summed E-state index contributed by atoms with van der Waals surface area (Å²) < 4.78 is 41.6. The van der Waals surface area contributed by atoms with E-state index in [9.17, 15) is 12.8 Å². The van der Waals surface area contributed by atoms with E-state index in [1.165, 1.54) is 30.3 Å². The molecule has 0 aliphatic rings. The van der Waals surface area contributed by atoms with Crippen molar-refractivity contribution in [1.29, 1.82) is 0 Å². The number of rotatable bonds is 4. The van der Waals surface area contributed by atoms with Crippen molar-refractivity contribution in [2.75, 3.05) is 0 Å². The molecule has 6 heteroatoms. The van der Waals surface area contributed by atoms with Gasteiger partial charge in [-0.15, -0.1) is 0 Å². The van der Waals surface area contributed by atoms with Crippen LogP contribution in [0.15, 0.2) is 58.6 Å². The molecule has 2 aromatic rings. The first-order valence-corrected chi connectivity index (χ1v) is 7.60. The van der Waals surface area contributed by atoms with Crippen LogP contribution in [-0.2, 0) is 14.4 Å². The van der Waals surface area contributed by atoms with Gasteiger partial charge in [-0.25, -0.2) is 4.39 Å². The van der Waals surface area contributed by atoms with E-state index in [1.807, 2.05) is 6.92 Å². The van der Waals surface area contributed by atoms with Gasteiger partial charge in [0, 0.05) is 5.56 Å². The van der Waals surface area contributed by atoms with E-state index in [0.717, 1.165) is 5.56 Å². The van der Waals surface area contributed by atoms with Gasteiger partial charge in [-0.3, -0.25) is 4.28 Å². The van der Waals surface area contributed by atoms with Crippen LogP contribution >= 0.6 is 0 Å². The van der Waals surface area contributed by atoms with Gasteiger partial charge in [0.25, 0.3) is 0 Å². The molecule has 0 fully saturated rings. The Balaban J connectivity index is 2.21. The average Bonchev–Trinajstić information content (AvgIpc) is 2.45. The van der Waals surface area contributed by atoms with Crippen LogP contribution in [0.2, 0.25) is 0 Å². The molecule has 0 heterocycles. The van der Waals surface area contributed by atoms with Crippen molar-refractivity contribution in [2.24, 2.45) is 5.16 Å². The fraction of sp³-hybridized carbons (Fsp3) is 0.133. The molecule has 0 amide bonds. The molecule has 0 saturated heterocycles. The summed E-state index contributed by atoms with van der Waals surface area (Å²) in [7, 11) is -3.97. The highest BCUT2D eigenvalue weighted by atomic mass is 32.2. The van der Waals surface area contributed by atoms with Crippen LogP contribution in [0.25, 0.3) is 0 Å². The molecule has 2 aromatic carbocycles. The van der Waals surface area contributed by atoms with E-state index >= 15 is 0 Å². The first-order chi connectivity index (χ1) is 9.88. The van der Waals surface area contributed by atoms with Gasteiger partial charge in [-0.2, -0.15) is 8.42 Å². The molecule has 0 unspecified atom stereocenters. The van der Waals surface area contributed by atoms with E-state index in [1.54, 1.807) is 25.1 Å². The molecule has 0 aliphatic heterocycles. The van der Waals surface area contributed by atoms with Crippen LogP contribution in [0, 0.1) is 12.7 Å². The van der Waals surface area contributed by atoms with Gasteiger partial charge in [0.2, 0.25) is 0 Å². The lowest BCUT2D eigenvalue weighted by molar-refractivity contribution is 0.339. The summed E-state index contributed by atoms with van der Waals surface area (Å²) in [4.78, 5) is 0.0175. The predicted molar refractivity (Wildman–Crippen MR) is 78.1 cm³/mol. The average molecular weight is 307 g/mol. The maximum atomic E-state index is 13.1. The van der Waals surface area contributed by atoms with Crippen molar-refractivity contribution >= 4 is 15.8 Å². The van der Waals surface area contributed by atoms with Crippen LogP contribution in [0.4, 0.5) is 4.39 Å². The first kappa shape index (κ1) is 15.2. The molecule has 0 atom stereocenters. The SMILES string of the molecule is CC(=NOS(=O)(=O)c1ccc(C)cc1)c1cccc(F)c1. The van der Waals surface area contributed by atoms with Gasteiger partial charge in [0.15, 0.2) is 0 Å². The van der Waals surface area contributed by atoms with E-state index in [0.29, 0.717) is 5.56 Å². The van der Waals surface area contributed by atoms with E-state index in [2.05, 4.69) is 9.44 Å². The Labute approximate surface area is 123 Å². The van der Waals surface area contributed by atoms with Crippen molar-refractivity contribution in [3.63, 3.8) is 0 Å². The molecule has 0 aromatic heterocycles. The van der Waals surface area contributed by atoms with Crippen molar-refractivity contribution in [1.82, 2.24) is 0 Å². The van der Waals surface area contributed by atoms with E-state index in [4.69, 9.17) is 0 Å². The van der Waals surface area contributed by atoms with Crippen molar-refractivity contribution in [3.05, 3.63) is 65.5 Å². The Bertz CT molecular complexity index is 768. The number of halogens is 1. The second-order valence-corrected chi connectivity index (χ2v) is 6.06. The lowest BCUT2D eigenvalue weighted by Crippen LogP contribution is -2.05. The number of nitrogens with zero attached hydrogens (tertiary/aromatic N) is 1. The minimum atomic E-state index is -3.97. The highest BCUT2D eigenvalue weighted by Gasteiger charge is 2.15. The third kappa shape index (κ3) is 3.88. The van der Waals surface area contributed by atoms with E-state index in [-0.39, 0.29) is 10.6 Å². The third-order valence-corrected chi connectivity index (χ3v) is 3.94. The zero-order valence-electron chi connectivity index (χ0n) is 11.6. The molecule has 0 saturated carbocycles. The zero-order valence-corrected chi connectivity index (χ0v) is 12.4. The summed E-state index contributed by atoms with van der Waals surface area (Å²) >= 11 is 0. The number of aryl methyl sites for hydroxylation is 1. The van der Waals surface area contributed by atoms with Crippen LogP contribution in [0.5, 0.6) is 0 Å². The standard InChI is InChI=1S/C15H14FNO3S/c1-11-6-8-15(9-7-11)21(18,19)20-17-12(2)13-4-3-5-14(16)10-13/h3-10H,1-2H3. The second kappa shape index (κ2) is 6.05. The largest absolute Gasteiger partial charge is 0.358 e. The molecule has 2 rings (SSSR count). The summed E-state index contributed by atoms with van der Waals surface area (Å²) in [6.07, 6.45) is 0. The normalized spacial score (nSPS) is 12.2. The minimum absolute atomic E-state index is 0.0175. The van der Waals surface area contributed by atoms with Gasteiger partial charge >= 0.3 is 10.1 Å². The number of benzene rings is 2. The highest BCUT2D eigenvalue weighted by molar-refractivity contribution is 7.86. The maximum absolute atomic E-state index is 13.1. The fourth-order valence-electron chi connectivity index (χ4n) is 1.62. The van der Waals surface area contributed by atoms with Gasteiger partial charge in [0.05, 0.1) is 5.71 Å². The molecule has 0 aliphatic carbocycles. The van der Waals surface area contributed by atoms with Gasteiger partial charge in [-0.05, 0) is 38.1 Å². The predicted octanol–water partition coefficient (Wildman–Crippen LogP) is 3.26. The number of oxime groups is 1. The molecule has 110 valence electrons. The van der Waals surface area contributed by atoms with Crippen molar-refractivity contribution < 1.29 is 17.1 Å². The van der Waals surface area contributed by atoms with Crippen LogP contribution < -0.4 is 0 Å². The van der Waals surface area contributed by atoms with Crippen LogP contribution in [-0.4, -0.2) is 14.1 Å². The molecule has 0 spiro atoms. The topological polar surface area (TPSA) is 55.7 Å². The van der Waals surface area contributed by atoms with Crippen LogP contribution in [0.1, 0.15) is 18.1 Å². The summed E-state index contributed by atoms with van der Waals surface area (Å²) in [5.41, 5.74) is 1.66. The van der Waals surface area contributed by atoms with Crippen molar-refractivity contribution in [3.8, 4) is 0 Å². The Morgan fingerprint density at radius 3 is 2.43 bits per heavy atom. The minimum Gasteiger partial charge on any atom is -0.265 e. The molecular weight excluding hydrogens is 293 g/mol. The molecule has 4 nitrogen and oxygen atoms in total. The lowest BCUT2D eigenvalue weighted by Gasteiger charge is -2.04. The molecule has 0 radical (unpaired) electrons. The quantitative estimate of drug-likeness (QED) is 0.643. The Morgan fingerprint density at radius 1 is 1.14 bits per heavy atom. The zero-order chi connectivity index (χ0) is 15.5. The van der Waals surface area contributed by atoms with Crippen LogP contribution in [0.3, 0.4) is 0 Å².